The summed E-state index contributed by atoms with van der Waals surface area (Å²) in [4.78, 5) is 6.73. The third-order valence-corrected chi connectivity index (χ3v) is 11.9. The Bertz CT molecular complexity index is 2240. The second-order valence-electron chi connectivity index (χ2n) is 16.7. The summed E-state index contributed by atoms with van der Waals surface area (Å²) in [7, 11) is 0. The van der Waals surface area contributed by atoms with Crippen LogP contribution in [0.5, 0.6) is 5.75 Å². The van der Waals surface area contributed by atoms with Crippen molar-refractivity contribution < 1.29 is 23.3 Å². The molecule has 6 nitrogen and oxygen atoms in total. The van der Waals surface area contributed by atoms with Crippen LogP contribution in [0.25, 0.3) is 0 Å². The summed E-state index contributed by atoms with van der Waals surface area (Å²) in [6.45, 7) is 28.0. The maximum atomic E-state index is 14.3. The zero-order valence-electron chi connectivity index (χ0n) is 44.1. The molecule has 7 rings (SSSR count). The van der Waals surface area contributed by atoms with E-state index >= 15 is 0 Å². The third-order valence-electron chi connectivity index (χ3n) is 11.9. The molecule has 0 spiro atoms. The lowest BCUT2D eigenvalue weighted by Crippen LogP contribution is -2.36. The average molecular weight is 951 g/mol. The Morgan fingerprint density at radius 3 is 2.20 bits per heavy atom. The Morgan fingerprint density at radius 2 is 1.58 bits per heavy atom. The van der Waals surface area contributed by atoms with Crippen molar-refractivity contribution in [1.82, 2.24) is 5.32 Å². The SMILES string of the molecule is CC.CC.CC.CCC/C(C)=C/C=C(\C=C\F)NCc1ccc2c(c1C)NCCC2.CCCc1ccc(NCC2=CCC3CCCN(c4ccc(OO)cc4)C3=C2C)cc1F.Cc1cccc(F)c1. The number of nitrogens with one attached hydrogen (secondary N) is 3. The first kappa shape index (κ1) is 59.5. The molecule has 0 bridgehead atoms. The van der Waals surface area contributed by atoms with E-state index in [0.717, 1.165) is 86.2 Å². The quantitative estimate of drug-likeness (QED) is 0.0574. The molecule has 1 unspecified atom stereocenters. The van der Waals surface area contributed by atoms with Crippen molar-refractivity contribution in [2.75, 3.05) is 35.2 Å². The minimum atomic E-state index is -0.162. The van der Waals surface area contributed by atoms with Crippen LogP contribution in [0.3, 0.4) is 0 Å². The summed E-state index contributed by atoms with van der Waals surface area (Å²) in [5, 5.41) is 19.1. The lowest BCUT2D eigenvalue weighted by molar-refractivity contribution is -0.137. The van der Waals surface area contributed by atoms with E-state index < -0.39 is 0 Å². The summed E-state index contributed by atoms with van der Waals surface area (Å²) in [5.74, 6) is 0.670. The molecule has 378 valence electrons. The molecule has 1 atom stereocenters. The van der Waals surface area contributed by atoms with E-state index in [4.69, 9.17) is 5.26 Å². The highest BCUT2D eigenvalue weighted by molar-refractivity contribution is 5.62. The average Bonchev–Trinajstić information content (AvgIpc) is 3.38. The highest BCUT2D eigenvalue weighted by Gasteiger charge is 2.30. The molecular formula is C60H85F3N4O2. The van der Waals surface area contributed by atoms with Crippen LogP contribution in [0.15, 0.2) is 138 Å². The molecule has 2 heterocycles. The van der Waals surface area contributed by atoms with E-state index in [1.165, 1.54) is 75.8 Å². The minimum Gasteiger partial charge on any atom is -0.385 e. The zero-order chi connectivity index (χ0) is 51.1. The molecule has 3 aliphatic rings. The number of piperidine rings is 1. The maximum Gasteiger partial charge on any atom is 0.165 e. The van der Waals surface area contributed by atoms with Gasteiger partial charge in [0.15, 0.2) is 5.75 Å². The fourth-order valence-corrected chi connectivity index (χ4v) is 8.50. The summed E-state index contributed by atoms with van der Waals surface area (Å²) in [6.07, 6.45) is 18.0. The van der Waals surface area contributed by atoms with E-state index in [1.807, 2.05) is 84.9 Å². The molecule has 1 fully saturated rings. The maximum absolute atomic E-state index is 14.3. The van der Waals surface area contributed by atoms with Gasteiger partial charge in [-0.2, -0.15) is 0 Å². The van der Waals surface area contributed by atoms with Crippen molar-refractivity contribution in [2.45, 2.75) is 147 Å². The number of nitrogens with zero attached hydrogens (tertiary/aromatic N) is 1. The van der Waals surface area contributed by atoms with Crippen LogP contribution < -0.4 is 25.7 Å². The Hall–Kier alpha value is -5.67. The van der Waals surface area contributed by atoms with Crippen molar-refractivity contribution in [3.8, 4) is 5.75 Å². The van der Waals surface area contributed by atoms with Crippen molar-refractivity contribution in [2.24, 2.45) is 5.92 Å². The summed E-state index contributed by atoms with van der Waals surface area (Å²) in [5.41, 5.74) is 14.9. The smallest absolute Gasteiger partial charge is 0.165 e. The molecule has 4 N–H and O–H groups in total. The fourth-order valence-electron chi connectivity index (χ4n) is 8.50. The van der Waals surface area contributed by atoms with Gasteiger partial charge in [0.1, 0.15) is 11.6 Å². The molecule has 0 saturated carbocycles. The molecule has 0 radical (unpaired) electrons. The van der Waals surface area contributed by atoms with Gasteiger partial charge in [-0.3, -0.25) is 0 Å². The predicted octanol–water partition coefficient (Wildman–Crippen LogP) is 17.3. The minimum absolute atomic E-state index is 0.131. The van der Waals surface area contributed by atoms with Crippen LogP contribution in [0.2, 0.25) is 0 Å². The fraction of sp³-hybridized carbons (Fsp3) is 0.433. The number of halogens is 3. The number of hydrogen-bond acceptors (Lipinski definition) is 6. The number of fused-ring (bicyclic) bond motifs is 2. The number of benzene rings is 4. The van der Waals surface area contributed by atoms with E-state index in [-0.39, 0.29) is 11.6 Å². The monoisotopic (exact) mass is 951 g/mol. The van der Waals surface area contributed by atoms with Gasteiger partial charge in [-0.15, -0.1) is 0 Å². The molecular weight excluding hydrogens is 866 g/mol. The molecule has 4 aromatic carbocycles. The lowest BCUT2D eigenvalue weighted by atomic mass is 9.81. The van der Waals surface area contributed by atoms with Crippen LogP contribution in [0.1, 0.15) is 142 Å². The number of aryl methyl sites for hydroxylation is 3. The molecule has 1 saturated heterocycles. The van der Waals surface area contributed by atoms with Crippen LogP contribution in [-0.4, -0.2) is 24.9 Å². The van der Waals surface area contributed by atoms with Gasteiger partial charge in [-0.25, -0.2) is 18.4 Å². The molecule has 4 aromatic rings. The Balaban J connectivity index is 0.000000379. The summed E-state index contributed by atoms with van der Waals surface area (Å²) in [6, 6.07) is 23.9. The van der Waals surface area contributed by atoms with Crippen LogP contribution in [0, 0.1) is 31.4 Å². The normalized spacial score (nSPS) is 15.0. The van der Waals surface area contributed by atoms with Gasteiger partial charge in [0.25, 0.3) is 0 Å². The van der Waals surface area contributed by atoms with Gasteiger partial charge < -0.3 is 25.7 Å². The van der Waals surface area contributed by atoms with Crippen LogP contribution in [0.4, 0.5) is 30.2 Å². The molecule has 0 aromatic heterocycles. The second-order valence-corrected chi connectivity index (χ2v) is 16.7. The van der Waals surface area contributed by atoms with Gasteiger partial charge in [0.05, 0.1) is 6.33 Å². The highest BCUT2D eigenvalue weighted by Crippen LogP contribution is 2.41. The Morgan fingerprint density at radius 1 is 0.855 bits per heavy atom. The third kappa shape index (κ3) is 19.3. The van der Waals surface area contributed by atoms with Crippen molar-refractivity contribution in [3.05, 3.63) is 177 Å². The van der Waals surface area contributed by atoms with Gasteiger partial charge in [0.2, 0.25) is 0 Å². The largest absolute Gasteiger partial charge is 0.385 e. The number of anilines is 3. The van der Waals surface area contributed by atoms with E-state index in [1.54, 1.807) is 24.3 Å². The molecule has 0 amide bonds. The molecule has 2 aliphatic heterocycles. The molecule has 69 heavy (non-hydrogen) atoms. The number of allylic oxidation sites excluding steroid dienone is 6. The first-order chi connectivity index (χ1) is 33.5. The summed E-state index contributed by atoms with van der Waals surface area (Å²) < 4.78 is 39.1. The van der Waals surface area contributed by atoms with Gasteiger partial charge in [0, 0.05) is 60.6 Å². The predicted molar refractivity (Wildman–Crippen MR) is 291 cm³/mol. The van der Waals surface area contributed by atoms with E-state index in [2.05, 4.69) is 84.6 Å². The number of hydrogen-bond donors (Lipinski definition) is 4. The van der Waals surface area contributed by atoms with Crippen molar-refractivity contribution in [3.63, 3.8) is 0 Å². The van der Waals surface area contributed by atoms with Gasteiger partial charge >= 0.3 is 0 Å². The van der Waals surface area contributed by atoms with Crippen molar-refractivity contribution >= 4 is 17.1 Å². The Labute approximate surface area is 415 Å². The molecule has 9 heteroatoms. The first-order valence-electron chi connectivity index (χ1n) is 25.6. The lowest BCUT2D eigenvalue weighted by Gasteiger charge is -2.41. The number of rotatable bonds is 14. The van der Waals surface area contributed by atoms with Crippen LogP contribution in [-0.2, 0) is 19.4 Å². The zero-order valence-corrected chi connectivity index (χ0v) is 44.1. The molecule has 1 aliphatic carbocycles. The first-order valence-corrected chi connectivity index (χ1v) is 25.6. The van der Waals surface area contributed by atoms with Gasteiger partial charge in [-0.05, 0) is 172 Å². The summed E-state index contributed by atoms with van der Waals surface area (Å²) >= 11 is 0. The second kappa shape index (κ2) is 33.8. The standard InChI is InChI=1S/C26H31FN2O2.C21H29FN2.C7H7F.3C2H6/c1-3-5-19-9-10-22(16-25(19)27)28-17-21-8-7-20-6-4-15-29(26(20)18(21)2)23-11-13-24(31-30)14-12-23;1-4-6-16(2)8-11-20(12-13-22)24-15-19-10-9-18-7-5-14-23-21(18)17(19)3;1-6-3-2-4-7(8)5-6;3*1-2/h8-14,16,20,28,30H,3-7,15,17H2,1-2H3;8-13,23-24H,4-7,14-15H2,1-3H3;2-5H,1H3;3*1-2H3/b;13-12+,16-8+,20-11+;;;;. The van der Waals surface area contributed by atoms with Crippen molar-refractivity contribution in [1.29, 1.82) is 0 Å². The van der Waals surface area contributed by atoms with E-state index in [0.29, 0.717) is 31.1 Å². The Kier molecular flexibility index (Phi) is 29.1. The van der Waals surface area contributed by atoms with E-state index in [9.17, 15) is 13.2 Å². The van der Waals surface area contributed by atoms with Crippen LogP contribution >= 0.6 is 0 Å². The van der Waals surface area contributed by atoms with Gasteiger partial charge in [-0.1, -0.05) is 116 Å². The highest BCUT2D eigenvalue weighted by atomic mass is 19.1. The topological polar surface area (TPSA) is 68.8 Å².